The molecule has 0 atom stereocenters. The number of amides is 1. The Kier molecular flexibility index (Phi) is 4.41. The van der Waals surface area contributed by atoms with Gasteiger partial charge in [0.1, 0.15) is 11.5 Å². The van der Waals surface area contributed by atoms with Crippen molar-refractivity contribution in [2.45, 2.75) is 0 Å². The number of rotatable bonds is 4. The molecule has 118 valence electrons. The Bertz CT molecular complexity index is 804. The fraction of sp³-hybridized carbons (Fsp3) is 0. The number of phenolic OH excluding ortho intramolecular Hbond substituents is 2. The first-order valence-corrected chi connectivity index (χ1v) is 6.27. The minimum Gasteiger partial charge on any atom is -0.508 e. The highest BCUT2D eigenvalue weighted by atomic mass is 16.6. The third kappa shape index (κ3) is 3.94. The van der Waals surface area contributed by atoms with Crippen LogP contribution in [0.2, 0.25) is 0 Å². The van der Waals surface area contributed by atoms with Gasteiger partial charge in [0, 0.05) is 29.4 Å². The second-order valence-corrected chi connectivity index (χ2v) is 4.51. The van der Waals surface area contributed by atoms with Crippen LogP contribution in [0.15, 0.2) is 41.5 Å². The van der Waals surface area contributed by atoms with E-state index in [1.165, 1.54) is 18.2 Å². The highest BCUT2D eigenvalue weighted by molar-refractivity contribution is 5.96. The molecule has 0 bridgehead atoms. The molecular formula is C14H12N4O5. The van der Waals surface area contributed by atoms with E-state index in [2.05, 4.69) is 10.5 Å². The number of aromatic hydroxyl groups is 2. The molecule has 0 aromatic heterocycles. The van der Waals surface area contributed by atoms with Gasteiger partial charge in [0.05, 0.1) is 16.7 Å². The number of carbonyl (C=O) groups excluding carboxylic acids is 1. The topological polar surface area (TPSA) is 151 Å². The summed E-state index contributed by atoms with van der Waals surface area (Å²) < 4.78 is 0. The van der Waals surface area contributed by atoms with Crippen molar-refractivity contribution in [1.82, 2.24) is 5.43 Å². The van der Waals surface area contributed by atoms with Crippen LogP contribution < -0.4 is 11.2 Å². The van der Waals surface area contributed by atoms with Gasteiger partial charge >= 0.3 is 0 Å². The number of carbonyl (C=O) groups is 1. The van der Waals surface area contributed by atoms with E-state index in [9.17, 15) is 20.0 Å². The first kappa shape index (κ1) is 15.8. The van der Waals surface area contributed by atoms with Gasteiger partial charge < -0.3 is 15.9 Å². The van der Waals surface area contributed by atoms with Crippen molar-refractivity contribution in [3.05, 3.63) is 57.6 Å². The van der Waals surface area contributed by atoms with E-state index in [1.54, 1.807) is 0 Å². The minimum atomic E-state index is -0.699. The number of nitrogens with one attached hydrogen (secondary N) is 1. The van der Waals surface area contributed by atoms with Crippen LogP contribution in [-0.2, 0) is 0 Å². The number of hydrogen-bond donors (Lipinski definition) is 4. The van der Waals surface area contributed by atoms with Crippen molar-refractivity contribution in [1.29, 1.82) is 0 Å². The van der Waals surface area contributed by atoms with Crippen LogP contribution in [-0.4, -0.2) is 27.3 Å². The Morgan fingerprint density at radius 3 is 2.65 bits per heavy atom. The second-order valence-electron chi connectivity index (χ2n) is 4.51. The maximum Gasteiger partial charge on any atom is 0.272 e. The number of benzene rings is 2. The molecule has 0 aliphatic carbocycles. The number of nitro benzene ring substituents is 1. The number of hydrogen-bond acceptors (Lipinski definition) is 7. The average molecular weight is 316 g/mol. The molecule has 9 nitrogen and oxygen atoms in total. The quantitative estimate of drug-likeness (QED) is 0.289. The van der Waals surface area contributed by atoms with Gasteiger partial charge in [-0.25, -0.2) is 5.43 Å². The monoisotopic (exact) mass is 316 g/mol. The van der Waals surface area contributed by atoms with Gasteiger partial charge in [-0.2, -0.15) is 5.10 Å². The average Bonchev–Trinajstić information content (AvgIpc) is 2.48. The summed E-state index contributed by atoms with van der Waals surface area (Å²) in [4.78, 5) is 22.0. The molecule has 2 rings (SSSR count). The number of anilines is 1. The van der Waals surface area contributed by atoms with Crippen LogP contribution >= 0.6 is 0 Å². The molecule has 9 heteroatoms. The van der Waals surface area contributed by atoms with Gasteiger partial charge in [0.25, 0.3) is 11.6 Å². The fourth-order valence-corrected chi connectivity index (χ4v) is 1.74. The Morgan fingerprint density at radius 1 is 1.26 bits per heavy atom. The molecule has 0 aliphatic rings. The molecule has 23 heavy (non-hydrogen) atoms. The molecule has 5 N–H and O–H groups in total. The molecule has 1 amide bonds. The maximum atomic E-state index is 11.9. The fourth-order valence-electron chi connectivity index (χ4n) is 1.74. The molecule has 0 spiro atoms. The van der Waals surface area contributed by atoms with Crippen molar-refractivity contribution < 1.29 is 19.9 Å². The van der Waals surface area contributed by atoms with E-state index in [4.69, 9.17) is 10.8 Å². The second kappa shape index (κ2) is 6.43. The van der Waals surface area contributed by atoms with E-state index in [-0.39, 0.29) is 34.0 Å². The highest BCUT2D eigenvalue weighted by Gasteiger charge is 2.13. The zero-order valence-electron chi connectivity index (χ0n) is 11.6. The molecule has 0 saturated carbocycles. The lowest BCUT2D eigenvalue weighted by Gasteiger charge is -2.02. The summed E-state index contributed by atoms with van der Waals surface area (Å²) >= 11 is 0. The van der Waals surface area contributed by atoms with Crippen LogP contribution in [0.1, 0.15) is 15.9 Å². The molecular weight excluding hydrogens is 304 g/mol. The predicted molar refractivity (Wildman–Crippen MR) is 82.3 cm³/mol. The number of hydrazone groups is 1. The molecule has 0 radical (unpaired) electrons. The highest BCUT2D eigenvalue weighted by Crippen LogP contribution is 2.21. The number of nitrogen functional groups attached to an aromatic ring is 1. The summed E-state index contributed by atoms with van der Waals surface area (Å²) in [5.74, 6) is -1.03. The number of nitro groups is 1. The molecule has 0 heterocycles. The van der Waals surface area contributed by atoms with Gasteiger partial charge in [0.2, 0.25) is 0 Å². The van der Waals surface area contributed by atoms with E-state index in [0.717, 1.165) is 24.4 Å². The Labute approximate surface area is 129 Å². The van der Waals surface area contributed by atoms with E-state index < -0.39 is 10.8 Å². The zero-order valence-corrected chi connectivity index (χ0v) is 11.6. The van der Waals surface area contributed by atoms with Gasteiger partial charge in [-0.3, -0.25) is 14.9 Å². The van der Waals surface area contributed by atoms with Crippen LogP contribution in [0.25, 0.3) is 0 Å². The van der Waals surface area contributed by atoms with Crippen molar-refractivity contribution >= 4 is 23.5 Å². The lowest BCUT2D eigenvalue weighted by atomic mass is 10.1. The van der Waals surface area contributed by atoms with Gasteiger partial charge in [-0.15, -0.1) is 0 Å². The summed E-state index contributed by atoms with van der Waals surface area (Å²) in [5.41, 5.74) is 7.68. The van der Waals surface area contributed by atoms with Gasteiger partial charge in [-0.05, 0) is 18.2 Å². The smallest absolute Gasteiger partial charge is 0.272 e. The maximum absolute atomic E-state index is 11.9. The predicted octanol–water partition coefficient (Wildman–Crippen LogP) is 1.35. The zero-order chi connectivity index (χ0) is 17.0. The molecule has 0 saturated heterocycles. The number of phenols is 2. The molecule has 0 fully saturated rings. The van der Waals surface area contributed by atoms with Crippen LogP contribution in [0.4, 0.5) is 11.4 Å². The Hall–Kier alpha value is -3.62. The standard InChI is InChI=1S/C14H12N4O5/c15-10-3-9(4-11(5-10)18(22)23)14(21)17-16-7-8-1-2-12(19)6-13(8)20/h1-7,19-20H,15H2,(H,17,21)/b16-7+. The summed E-state index contributed by atoms with van der Waals surface area (Å²) in [5, 5.41) is 33.1. The first-order valence-electron chi connectivity index (χ1n) is 6.27. The minimum absolute atomic E-state index is 0.0243. The third-order valence-corrected chi connectivity index (χ3v) is 2.80. The molecule has 2 aromatic rings. The van der Waals surface area contributed by atoms with E-state index in [1.807, 2.05) is 0 Å². The van der Waals surface area contributed by atoms with Crippen molar-refractivity contribution in [2.75, 3.05) is 5.73 Å². The molecule has 0 aliphatic heterocycles. The van der Waals surface area contributed by atoms with Crippen molar-refractivity contribution in [2.24, 2.45) is 5.10 Å². The van der Waals surface area contributed by atoms with Crippen LogP contribution in [0, 0.1) is 10.1 Å². The third-order valence-electron chi connectivity index (χ3n) is 2.80. The van der Waals surface area contributed by atoms with E-state index >= 15 is 0 Å². The Morgan fingerprint density at radius 2 is 2.00 bits per heavy atom. The first-order chi connectivity index (χ1) is 10.9. The van der Waals surface area contributed by atoms with Crippen LogP contribution in [0.3, 0.4) is 0 Å². The normalized spacial score (nSPS) is 10.6. The van der Waals surface area contributed by atoms with Gasteiger partial charge in [0.15, 0.2) is 0 Å². The lowest BCUT2D eigenvalue weighted by molar-refractivity contribution is -0.384. The molecule has 0 unspecified atom stereocenters. The Balaban J connectivity index is 2.13. The number of nitrogens with zero attached hydrogens (tertiary/aromatic N) is 2. The summed E-state index contributed by atoms with van der Waals surface area (Å²) in [7, 11) is 0. The molecule has 2 aromatic carbocycles. The number of nitrogens with two attached hydrogens (primary N) is 1. The van der Waals surface area contributed by atoms with Crippen molar-refractivity contribution in [3.63, 3.8) is 0 Å². The van der Waals surface area contributed by atoms with E-state index in [0.29, 0.717) is 0 Å². The number of non-ortho nitro benzene ring substituents is 1. The summed E-state index contributed by atoms with van der Waals surface area (Å²) in [6.45, 7) is 0. The summed E-state index contributed by atoms with van der Waals surface area (Å²) in [6.07, 6.45) is 1.16. The largest absolute Gasteiger partial charge is 0.508 e. The lowest BCUT2D eigenvalue weighted by Crippen LogP contribution is -2.18. The van der Waals surface area contributed by atoms with Gasteiger partial charge in [-0.1, -0.05) is 0 Å². The van der Waals surface area contributed by atoms with Crippen LogP contribution in [0.5, 0.6) is 11.5 Å². The SMILES string of the molecule is Nc1cc(C(=O)N/N=C/c2ccc(O)cc2O)cc([N+](=O)[O-])c1. The summed E-state index contributed by atoms with van der Waals surface area (Å²) in [6, 6.07) is 7.32. The van der Waals surface area contributed by atoms with Crippen molar-refractivity contribution in [3.8, 4) is 11.5 Å².